The molecule has 0 bridgehead atoms. The number of halogens is 1. The fraction of sp³-hybridized carbons (Fsp3) is 0.435. The second-order valence-corrected chi connectivity index (χ2v) is 7.92. The number of carbonyl (C=O) groups excluding carboxylic acids is 2. The first-order valence-electron chi connectivity index (χ1n) is 10.3. The minimum atomic E-state index is -0.334. The summed E-state index contributed by atoms with van der Waals surface area (Å²) in [5.41, 5.74) is 1.43. The summed E-state index contributed by atoms with van der Waals surface area (Å²) >= 11 is 0. The summed E-state index contributed by atoms with van der Waals surface area (Å²) in [4.78, 5) is 33.5. The summed E-state index contributed by atoms with van der Waals surface area (Å²) in [6.45, 7) is 1.92. The van der Waals surface area contributed by atoms with E-state index in [2.05, 4.69) is 4.98 Å². The Morgan fingerprint density at radius 3 is 2.76 bits per heavy atom. The van der Waals surface area contributed by atoms with Gasteiger partial charge in [-0.3, -0.25) is 14.6 Å². The molecule has 3 heterocycles. The zero-order chi connectivity index (χ0) is 20.2. The number of likely N-dealkylation sites (tertiary alicyclic amines) is 2. The minimum Gasteiger partial charge on any atom is -0.342 e. The Kier molecular flexibility index (Phi) is 5.88. The molecular formula is C23H26FN3O2. The van der Waals surface area contributed by atoms with Crippen LogP contribution in [0.2, 0.25) is 0 Å². The van der Waals surface area contributed by atoms with Crippen molar-refractivity contribution in [3.05, 3.63) is 65.7 Å². The molecule has 5 nitrogen and oxygen atoms in total. The van der Waals surface area contributed by atoms with Crippen LogP contribution in [0.5, 0.6) is 0 Å². The van der Waals surface area contributed by atoms with Crippen molar-refractivity contribution in [1.29, 1.82) is 0 Å². The van der Waals surface area contributed by atoms with Crippen molar-refractivity contribution in [2.45, 2.75) is 38.1 Å². The zero-order valence-electron chi connectivity index (χ0n) is 16.5. The third kappa shape index (κ3) is 4.47. The van der Waals surface area contributed by atoms with Crippen LogP contribution in [-0.4, -0.2) is 52.3 Å². The molecule has 2 atom stereocenters. The molecule has 2 aromatic rings. The van der Waals surface area contributed by atoms with E-state index >= 15 is 0 Å². The van der Waals surface area contributed by atoms with Crippen LogP contribution in [0.4, 0.5) is 4.39 Å². The lowest BCUT2D eigenvalue weighted by Gasteiger charge is -2.47. The van der Waals surface area contributed by atoms with Crippen LogP contribution in [0.3, 0.4) is 0 Å². The van der Waals surface area contributed by atoms with E-state index in [1.165, 1.54) is 6.07 Å². The first-order valence-corrected chi connectivity index (χ1v) is 10.3. The number of benzene rings is 1. The van der Waals surface area contributed by atoms with Gasteiger partial charge in [-0.25, -0.2) is 4.39 Å². The summed E-state index contributed by atoms with van der Waals surface area (Å²) in [6, 6.07) is 12.5. The van der Waals surface area contributed by atoms with Gasteiger partial charge in [0.05, 0.1) is 6.42 Å². The number of hydrogen-bond donors (Lipinski definition) is 0. The van der Waals surface area contributed by atoms with Gasteiger partial charge in [-0.15, -0.1) is 0 Å². The first kappa shape index (κ1) is 19.6. The number of nitrogens with zero attached hydrogens (tertiary/aromatic N) is 3. The molecule has 29 heavy (non-hydrogen) atoms. The molecule has 2 amide bonds. The first-order chi connectivity index (χ1) is 14.1. The number of fused-ring (bicyclic) bond motifs is 1. The smallest absolute Gasteiger partial charge is 0.227 e. The molecule has 2 aliphatic heterocycles. The fourth-order valence-electron chi connectivity index (χ4n) is 4.57. The summed E-state index contributed by atoms with van der Waals surface area (Å²) < 4.78 is 13.9. The SMILES string of the molecule is O=C(Cc1ccccc1F)N1CC[C@H]2[C@H](CCC(=O)N2CCc2ccccn2)C1. The monoisotopic (exact) mass is 395 g/mol. The van der Waals surface area contributed by atoms with Crippen LogP contribution in [0.15, 0.2) is 48.7 Å². The van der Waals surface area contributed by atoms with Gasteiger partial charge < -0.3 is 9.80 Å². The maximum absolute atomic E-state index is 13.9. The molecule has 0 aliphatic carbocycles. The van der Waals surface area contributed by atoms with Crippen LogP contribution in [-0.2, 0) is 22.4 Å². The molecule has 2 saturated heterocycles. The van der Waals surface area contributed by atoms with E-state index in [0.717, 1.165) is 25.0 Å². The molecular weight excluding hydrogens is 369 g/mol. The Bertz CT molecular complexity index is 873. The summed E-state index contributed by atoms with van der Waals surface area (Å²) in [5, 5.41) is 0. The van der Waals surface area contributed by atoms with Crippen LogP contribution in [0.1, 0.15) is 30.5 Å². The molecule has 2 aliphatic rings. The van der Waals surface area contributed by atoms with Gasteiger partial charge >= 0.3 is 0 Å². The molecule has 1 aromatic carbocycles. The average Bonchev–Trinajstić information content (AvgIpc) is 2.75. The van der Waals surface area contributed by atoms with Gasteiger partial charge in [0.2, 0.25) is 11.8 Å². The van der Waals surface area contributed by atoms with Crippen molar-refractivity contribution in [3.8, 4) is 0 Å². The Morgan fingerprint density at radius 1 is 1.14 bits per heavy atom. The van der Waals surface area contributed by atoms with Gasteiger partial charge in [-0.1, -0.05) is 24.3 Å². The molecule has 1 aromatic heterocycles. The van der Waals surface area contributed by atoms with Crippen LogP contribution in [0.25, 0.3) is 0 Å². The van der Waals surface area contributed by atoms with E-state index in [1.54, 1.807) is 24.4 Å². The summed E-state index contributed by atoms with van der Waals surface area (Å²) in [6.07, 6.45) is 4.72. The number of rotatable bonds is 5. The number of aromatic nitrogens is 1. The van der Waals surface area contributed by atoms with E-state index in [9.17, 15) is 14.0 Å². The second kappa shape index (κ2) is 8.72. The quantitative estimate of drug-likeness (QED) is 0.782. The van der Waals surface area contributed by atoms with E-state index in [0.29, 0.717) is 31.6 Å². The Hall–Kier alpha value is -2.76. The predicted octanol–water partition coefficient (Wildman–Crippen LogP) is 2.85. The number of piperidine rings is 2. The average molecular weight is 395 g/mol. The van der Waals surface area contributed by atoms with Gasteiger partial charge in [0.25, 0.3) is 0 Å². The second-order valence-electron chi connectivity index (χ2n) is 7.92. The Morgan fingerprint density at radius 2 is 1.97 bits per heavy atom. The molecule has 152 valence electrons. The van der Waals surface area contributed by atoms with Crippen molar-refractivity contribution in [2.75, 3.05) is 19.6 Å². The van der Waals surface area contributed by atoms with E-state index in [4.69, 9.17) is 0 Å². The fourth-order valence-corrected chi connectivity index (χ4v) is 4.57. The lowest BCUT2D eigenvalue weighted by Crippen LogP contribution is -2.57. The van der Waals surface area contributed by atoms with Crippen molar-refractivity contribution >= 4 is 11.8 Å². The van der Waals surface area contributed by atoms with Crippen molar-refractivity contribution in [3.63, 3.8) is 0 Å². The normalized spacial score (nSPS) is 21.8. The summed E-state index contributed by atoms with van der Waals surface area (Å²) in [7, 11) is 0. The lowest BCUT2D eigenvalue weighted by molar-refractivity contribution is -0.144. The molecule has 0 radical (unpaired) electrons. The molecule has 0 saturated carbocycles. The number of pyridine rings is 1. The molecule has 0 unspecified atom stereocenters. The van der Waals surface area contributed by atoms with E-state index in [1.807, 2.05) is 28.0 Å². The number of carbonyl (C=O) groups is 2. The van der Waals surface area contributed by atoms with Gasteiger partial charge in [0.1, 0.15) is 5.82 Å². The lowest BCUT2D eigenvalue weighted by atomic mass is 9.83. The van der Waals surface area contributed by atoms with Gasteiger partial charge in [-0.05, 0) is 42.5 Å². The third-order valence-electron chi connectivity index (χ3n) is 6.13. The third-order valence-corrected chi connectivity index (χ3v) is 6.13. The van der Waals surface area contributed by atoms with Crippen molar-refractivity contribution < 1.29 is 14.0 Å². The molecule has 0 spiro atoms. The van der Waals surface area contributed by atoms with Crippen LogP contribution in [0, 0.1) is 11.7 Å². The Labute approximate surface area is 170 Å². The van der Waals surface area contributed by atoms with E-state index in [-0.39, 0.29) is 36.0 Å². The molecule has 2 fully saturated rings. The van der Waals surface area contributed by atoms with Crippen LogP contribution < -0.4 is 0 Å². The highest BCUT2D eigenvalue weighted by Gasteiger charge is 2.40. The standard InChI is InChI=1S/C23H26FN3O2/c24-20-7-2-1-5-17(20)15-23(29)26-13-11-21-18(16-26)8-9-22(28)27(21)14-10-19-6-3-4-12-25-19/h1-7,12,18,21H,8-11,13-16H2/t18-,21+/m1/s1. The van der Waals surface area contributed by atoms with Gasteiger partial charge in [0.15, 0.2) is 0 Å². The van der Waals surface area contributed by atoms with Gasteiger partial charge in [-0.2, -0.15) is 0 Å². The molecule has 6 heteroatoms. The highest BCUT2D eigenvalue weighted by molar-refractivity contribution is 5.80. The van der Waals surface area contributed by atoms with Crippen molar-refractivity contribution in [2.24, 2.45) is 5.92 Å². The summed E-state index contributed by atoms with van der Waals surface area (Å²) in [5.74, 6) is 0.119. The maximum Gasteiger partial charge on any atom is 0.227 e. The topological polar surface area (TPSA) is 53.5 Å². The van der Waals surface area contributed by atoms with E-state index < -0.39 is 0 Å². The maximum atomic E-state index is 13.9. The van der Waals surface area contributed by atoms with Crippen molar-refractivity contribution in [1.82, 2.24) is 14.8 Å². The number of amides is 2. The minimum absolute atomic E-state index is 0.0366. The van der Waals surface area contributed by atoms with Crippen LogP contribution >= 0.6 is 0 Å². The molecule has 4 rings (SSSR count). The highest BCUT2D eigenvalue weighted by Crippen LogP contribution is 2.31. The largest absolute Gasteiger partial charge is 0.342 e. The highest BCUT2D eigenvalue weighted by atomic mass is 19.1. The zero-order valence-corrected chi connectivity index (χ0v) is 16.5. The Balaban J connectivity index is 1.37. The van der Waals surface area contributed by atoms with Gasteiger partial charge in [0, 0.05) is 50.4 Å². The number of hydrogen-bond acceptors (Lipinski definition) is 3. The molecule has 0 N–H and O–H groups in total. The predicted molar refractivity (Wildman–Crippen MR) is 107 cm³/mol.